The summed E-state index contributed by atoms with van der Waals surface area (Å²) in [5.41, 5.74) is 4.55. The summed E-state index contributed by atoms with van der Waals surface area (Å²) < 4.78 is 35.9. The van der Waals surface area contributed by atoms with Crippen LogP contribution in [0.5, 0.6) is 0 Å². The second-order valence-electron chi connectivity index (χ2n) is 4.04. The monoisotopic (exact) mass is 254 g/mol. The van der Waals surface area contributed by atoms with Gasteiger partial charge in [0.25, 0.3) is 0 Å². The minimum absolute atomic E-state index is 0.0800. The predicted molar refractivity (Wildman–Crippen MR) is 56.8 cm³/mol. The van der Waals surface area contributed by atoms with E-state index < -0.39 is 23.9 Å². The average Bonchev–Trinajstić information content (AvgIpc) is 2.92. The lowest BCUT2D eigenvalue weighted by molar-refractivity contribution is -0.145. The molecule has 92 valence electrons. The zero-order chi connectivity index (χ0) is 12.6. The highest BCUT2D eigenvalue weighted by molar-refractivity contribution is 7.80. The van der Waals surface area contributed by atoms with Crippen LogP contribution in [0, 0.1) is 5.41 Å². The Morgan fingerprint density at radius 1 is 1.50 bits per heavy atom. The number of rotatable bonds is 4. The first-order valence-corrected chi connectivity index (χ1v) is 5.22. The highest BCUT2D eigenvalue weighted by Crippen LogP contribution is 2.47. The minimum Gasteiger partial charge on any atom is -0.392 e. The molecule has 1 aliphatic rings. The second kappa shape index (κ2) is 4.20. The number of nitrogens with two attached hydrogens (primary N) is 1. The molecule has 0 atom stereocenters. The summed E-state index contributed by atoms with van der Waals surface area (Å²) >= 11 is 4.76. The van der Waals surface area contributed by atoms with Crippen LogP contribution < -0.4 is 5.73 Å². The third-order valence-electron chi connectivity index (χ3n) is 2.71. The summed E-state index contributed by atoms with van der Waals surface area (Å²) in [7, 11) is 1.34. The van der Waals surface area contributed by atoms with E-state index >= 15 is 0 Å². The van der Waals surface area contributed by atoms with Crippen LogP contribution in [0.3, 0.4) is 0 Å². The standard InChI is InChI=1S/C9H13F3N2OS/c1-14(5-4-9(10,11)12)7(15)8(2-3-8)6(13)16/h2-5H2,1H3,(H2,13,16). The number of nitrogens with zero attached hydrogens (tertiary/aromatic N) is 1. The Bertz CT molecular complexity index is 312. The first-order chi connectivity index (χ1) is 7.19. The molecule has 0 saturated heterocycles. The number of amides is 1. The Kier molecular flexibility index (Phi) is 3.47. The van der Waals surface area contributed by atoms with Crippen molar-refractivity contribution in [1.82, 2.24) is 4.90 Å². The van der Waals surface area contributed by atoms with E-state index in [-0.39, 0.29) is 11.5 Å². The number of carbonyl (C=O) groups excluding carboxylic acids is 1. The molecule has 1 fully saturated rings. The van der Waals surface area contributed by atoms with E-state index in [2.05, 4.69) is 0 Å². The third kappa shape index (κ3) is 2.84. The smallest absolute Gasteiger partial charge is 0.390 e. The molecule has 0 aromatic heterocycles. The first-order valence-electron chi connectivity index (χ1n) is 4.81. The molecule has 0 unspecified atom stereocenters. The summed E-state index contributed by atoms with van der Waals surface area (Å²) in [5, 5.41) is 0. The van der Waals surface area contributed by atoms with Crippen LogP contribution in [0.15, 0.2) is 0 Å². The van der Waals surface area contributed by atoms with Gasteiger partial charge in [-0.3, -0.25) is 4.79 Å². The van der Waals surface area contributed by atoms with Crippen molar-refractivity contribution in [3.8, 4) is 0 Å². The zero-order valence-electron chi connectivity index (χ0n) is 8.80. The maximum absolute atomic E-state index is 12.0. The van der Waals surface area contributed by atoms with Crippen molar-refractivity contribution in [3.63, 3.8) is 0 Å². The molecule has 1 aliphatic carbocycles. The molecule has 3 nitrogen and oxygen atoms in total. The van der Waals surface area contributed by atoms with Gasteiger partial charge in [0.05, 0.1) is 16.8 Å². The van der Waals surface area contributed by atoms with Crippen LogP contribution >= 0.6 is 12.2 Å². The van der Waals surface area contributed by atoms with Crippen molar-refractivity contribution in [1.29, 1.82) is 0 Å². The SMILES string of the molecule is CN(CCC(F)(F)F)C(=O)C1(C(N)=S)CC1. The van der Waals surface area contributed by atoms with Crippen LogP contribution in [-0.4, -0.2) is 35.6 Å². The van der Waals surface area contributed by atoms with Gasteiger partial charge in [-0.25, -0.2) is 0 Å². The van der Waals surface area contributed by atoms with Gasteiger partial charge in [0.1, 0.15) is 0 Å². The van der Waals surface area contributed by atoms with Gasteiger partial charge in [-0.2, -0.15) is 13.2 Å². The van der Waals surface area contributed by atoms with Crippen LogP contribution in [-0.2, 0) is 4.79 Å². The van der Waals surface area contributed by atoms with Crippen molar-refractivity contribution in [2.75, 3.05) is 13.6 Å². The maximum Gasteiger partial charge on any atom is 0.390 e. The highest BCUT2D eigenvalue weighted by Gasteiger charge is 2.54. The molecule has 2 N–H and O–H groups in total. The average molecular weight is 254 g/mol. The Balaban J connectivity index is 2.52. The van der Waals surface area contributed by atoms with Crippen LogP contribution in [0.4, 0.5) is 13.2 Å². The predicted octanol–water partition coefficient (Wildman–Crippen LogP) is 1.46. The van der Waals surface area contributed by atoms with Crippen LogP contribution in [0.1, 0.15) is 19.3 Å². The van der Waals surface area contributed by atoms with Crippen LogP contribution in [0.2, 0.25) is 0 Å². The number of halogens is 3. The number of alkyl halides is 3. The van der Waals surface area contributed by atoms with E-state index in [1.807, 2.05) is 0 Å². The fourth-order valence-electron chi connectivity index (χ4n) is 1.45. The van der Waals surface area contributed by atoms with Crippen molar-refractivity contribution >= 4 is 23.1 Å². The molecule has 0 heterocycles. The largest absolute Gasteiger partial charge is 0.392 e. The number of hydrogen-bond acceptors (Lipinski definition) is 2. The van der Waals surface area contributed by atoms with E-state index in [9.17, 15) is 18.0 Å². The number of carbonyl (C=O) groups is 1. The van der Waals surface area contributed by atoms with Crippen molar-refractivity contribution in [3.05, 3.63) is 0 Å². The Hall–Kier alpha value is -0.850. The Morgan fingerprint density at radius 3 is 2.31 bits per heavy atom. The molecular weight excluding hydrogens is 241 g/mol. The van der Waals surface area contributed by atoms with Gasteiger partial charge >= 0.3 is 6.18 Å². The van der Waals surface area contributed by atoms with Gasteiger partial charge in [-0.15, -0.1) is 0 Å². The lowest BCUT2D eigenvalue weighted by atomic mass is 10.1. The van der Waals surface area contributed by atoms with Gasteiger partial charge < -0.3 is 10.6 Å². The van der Waals surface area contributed by atoms with Gasteiger partial charge in [-0.1, -0.05) is 12.2 Å². The summed E-state index contributed by atoms with van der Waals surface area (Å²) in [6, 6.07) is 0. The Labute approximate surface area is 96.8 Å². The first kappa shape index (κ1) is 13.2. The van der Waals surface area contributed by atoms with E-state index in [4.69, 9.17) is 18.0 Å². The number of thiocarbonyl (C=S) groups is 1. The van der Waals surface area contributed by atoms with Crippen molar-refractivity contribution in [2.24, 2.45) is 11.1 Å². The molecule has 0 bridgehead atoms. The molecule has 0 aromatic carbocycles. The lowest BCUT2D eigenvalue weighted by Gasteiger charge is -2.23. The van der Waals surface area contributed by atoms with Crippen molar-refractivity contribution < 1.29 is 18.0 Å². The zero-order valence-corrected chi connectivity index (χ0v) is 9.62. The van der Waals surface area contributed by atoms with Gasteiger partial charge in [0.15, 0.2) is 0 Å². The highest BCUT2D eigenvalue weighted by atomic mass is 32.1. The van der Waals surface area contributed by atoms with E-state index in [0.29, 0.717) is 12.8 Å². The summed E-state index contributed by atoms with van der Waals surface area (Å²) in [6.45, 7) is -0.354. The van der Waals surface area contributed by atoms with Gasteiger partial charge in [0, 0.05) is 13.6 Å². The maximum atomic E-state index is 12.0. The summed E-state index contributed by atoms with van der Waals surface area (Å²) in [6.07, 6.45) is -4.19. The lowest BCUT2D eigenvalue weighted by Crippen LogP contribution is -2.41. The van der Waals surface area contributed by atoms with Crippen molar-refractivity contribution in [2.45, 2.75) is 25.4 Å². The molecule has 0 radical (unpaired) electrons. The summed E-state index contributed by atoms with van der Waals surface area (Å²) in [4.78, 5) is 12.9. The fraction of sp³-hybridized carbons (Fsp3) is 0.778. The second-order valence-corrected chi connectivity index (χ2v) is 4.48. The molecule has 0 spiro atoms. The molecule has 1 rings (SSSR count). The molecule has 1 saturated carbocycles. The fourth-order valence-corrected chi connectivity index (χ4v) is 1.74. The van der Waals surface area contributed by atoms with E-state index in [1.165, 1.54) is 7.05 Å². The van der Waals surface area contributed by atoms with Crippen LogP contribution in [0.25, 0.3) is 0 Å². The summed E-state index contributed by atoms with van der Waals surface area (Å²) in [5.74, 6) is -0.399. The molecule has 0 aliphatic heterocycles. The van der Waals surface area contributed by atoms with E-state index in [1.54, 1.807) is 0 Å². The third-order valence-corrected chi connectivity index (χ3v) is 3.10. The van der Waals surface area contributed by atoms with E-state index in [0.717, 1.165) is 4.90 Å². The molecule has 16 heavy (non-hydrogen) atoms. The normalized spacial score (nSPS) is 18.0. The van der Waals surface area contributed by atoms with Gasteiger partial charge in [0.2, 0.25) is 5.91 Å². The molecular formula is C9H13F3N2OS. The molecule has 1 amide bonds. The molecule has 7 heteroatoms. The quantitative estimate of drug-likeness (QED) is 0.773. The Morgan fingerprint density at radius 2 is 2.00 bits per heavy atom. The minimum atomic E-state index is -4.26. The van der Waals surface area contributed by atoms with Gasteiger partial charge in [-0.05, 0) is 12.8 Å². The topological polar surface area (TPSA) is 46.3 Å². The number of hydrogen-bond donors (Lipinski definition) is 1. The molecule has 0 aromatic rings.